The number of amides is 1. The molecule has 0 aromatic rings. The van der Waals surface area contributed by atoms with Gasteiger partial charge in [-0.15, -0.1) is 0 Å². The first-order valence-corrected chi connectivity index (χ1v) is 5.41. The van der Waals surface area contributed by atoms with Gasteiger partial charge in [0.25, 0.3) is 0 Å². The topological polar surface area (TPSA) is 95.9 Å². The van der Waals surface area contributed by atoms with Crippen LogP contribution in [0, 0.1) is 0 Å². The molecule has 0 radical (unpaired) electrons. The van der Waals surface area contributed by atoms with Gasteiger partial charge in [-0.2, -0.15) is 0 Å². The van der Waals surface area contributed by atoms with E-state index in [4.69, 9.17) is 14.9 Å². The fourth-order valence-corrected chi connectivity index (χ4v) is 1.52. The number of carbonyl (C=O) groups is 2. The highest BCUT2D eigenvalue weighted by molar-refractivity contribution is 5.80. The van der Waals surface area contributed by atoms with Crippen LogP contribution in [0.2, 0.25) is 0 Å². The van der Waals surface area contributed by atoms with Crippen LogP contribution in [0.4, 0.5) is 0 Å². The summed E-state index contributed by atoms with van der Waals surface area (Å²) in [6.07, 6.45) is 0.807. The minimum atomic E-state index is -1.42. The van der Waals surface area contributed by atoms with Crippen molar-refractivity contribution < 1.29 is 24.5 Å². The third-order valence-corrected chi connectivity index (χ3v) is 2.47. The number of carboxylic acids is 1. The van der Waals surface area contributed by atoms with Gasteiger partial charge in [-0.05, 0) is 19.3 Å². The van der Waals surface area contributed by atoms with Crippen LogP contribution in [0.3, 0.4) is 0 Å². The number of carbonyl (C=O) groups excluding carboxylic acids is 1. The maximum absolute atomic E-state index is 11.5. The summed E-state index contributed by atoms with van der Waals surface area (Å²) < 4.78 is 5.25. The lowest BCUT2D eigenvalue weighted by atomic mass is 10.1. The minimum absolute atomic E-state index is 0.00773. The van der Waals surface area contributed by atoms with Gasteiger partial charge >= 0.3 is 5.97 Å². The lowest BCUT2D eigenvalue weighted by Gasteiger charge is -2.21. The molecule has 1 aliphatic rings. The summed E-state index contributed by atoms with van der Waals surface area (Å²) in [4.78, 5) is 21.8. The van der Waals surface area contributed by atoms with Gasteiger partial charge in [-0.3, -0.25) is 4.79 Å². The number of aliphatic carboxylic acids is 1. The molecule has 0 spiro atoms. The third-order valence-electron chi connectivity index (χ3n) is 2.47. The average molecular weight is 231 g/mol. The Morgan fingerprint density at radius 1 is 1.44 bits per heavy atom. The number of hydrogen-bond acceptors (Lipinski definition) is 4. The molecule has 0 saturated carbocycles. The van der Waals surface area contributed by atoms with Crippen LogP contribution >= 0.6 is 0 Å². The fourth-order valence-electron chi connectivity index (χ4n) is 1.52. The number of ether oxygens (including phenoxy) is 1. The summed E-state index contributed by atoms with van der Waals surface area (Å²) in [5.41, 5.74) is 0. The van der Waals surface area contributed by atoms with Gasteiger partial charge in [0.15, 0.2) is 6.10 Å². The molecule has 3 N–H and O–H groups in total. The van der Waals surface area contributed by atoms with Crippen LogP contribution in [-0.4, -0.2) is 47.4 Å². The van der Waals surface area contributed by atoms with E-state index in [2.05, 4.69) is 5.32 Å². The molecule has 92 valence electrons. The smallest absolute Gasteiger partial charge is 0.332 e. The van der Waals surface area contributed by atoms with E-state index in [0.29, 0.717) is 13.0 Å². The molecule has 6 heteroatoms. The molecular weight excluding hydrogens is 214 g/mol. The highest BCUT2D eigenvalue weighted by Crippen LogP contribution is 2.12. The Morgan fingerprint density at radius 3 is 2.75 bits per heavy atom. The molecule has 0 aromatic heterocycles. The predicted molar refractivity (Wildman–Crippen MR) is 54.9 cm³/mol. The summed E-state index contributed by atoms with van der Waals surface area (Å²) in [7, 11) is 0. The normalized spacial score (nSPS) is 22.4. The Hall–Kier alpha value is -1.14. The minimum Gasteiger partial charge on any atom is -0.479 e. The molecule has 0 aromatic carbocycles. The molecule has 1 fully saturated rings. The molecule has 1 rings (SSSR count). The number of hydrogen-bond donors (Lipinski definition) is 3. The first-order chi connectivity index (χ1) is 7.61. The molecule has 0 bridgehead atoms. The Kier molecular flexibility index (Phi) is 5.21. The molecule has 0 aliphatic carbocycles. The van der Waals surface area contributed by atoms with E-state index in [-0.39, 0.29) is 18.9 Å². The molecule has 1 saturated heterocycles. The van der Waals surface area contributed by atoms with Crippen molar-refractivity contribution in [1.82, 2.24) is 5.32 Å². The van der Waals surface area contributed by atoms with Gasteiger partial charge < -0.3 is 20.3 Å². The Bertz CT molecular complexity index is 250. The second-order valence-corrected chi connectivity index (χ2v) is 3.79. The van der Waals surface area contributed by atoms with Crippen molar-refractivity contribution in [2.24, 2.45) is 0 Å². The predicted octanol–water partition coefficient (Wildman–Crippen LogP) is -0.493. The van der Waals surface area contributed by atoms with Crippen molar-refractivity contribution in [3.05, 3.63) is 0 Å². The molecule has 1 unspecified atom stereocenters. The van der Waals surface area contributed by atoms with Gasteiger partial charge in [0, 0.05) is 19.6 Å². The summed E-state index contributed by atoms with van der Waals surface area (Å²) in [5.74, 6) is -1.50. The molecule has 1 amide bonds. The Labute approximate surface area is 93.6 Å². The maximum atomic E-state index is 11.5. The van der Waals surface area contributed by atoms with Gasteiger partial charge in [-0.25, -0.2) is 4.79 Å². The van der Waals surface area contributed by atoms with Crippen molar-refractivity contribution in [1.29, 1.82) is 0 Å². The van der Waals surface area contributed by atoms with E-state index in [0.717, 1.165) is 12.8 Å². The molecule has 6 nitrogen and oxygen atoms in total. The first-order valence-electron chi connectivity index (χ1n) is 5.41. The van der Waals surface area contributed by atoms with Crippen LogP contribution in [0.15, 0.2) is 0 Å². The second kappa shape index (κ2) is 6.44. The Balaban J connectivity index is 2.16. The van der Waals surface area contributed by atoms with Crippen molar-refractivity contribution in [2.75, 3.05) is 13.2 Å². The Morgan fingerprint density at radius 2 is 2.19 bits per heavy atom. The number of aliphatic hydroxyl groups is 1. The van der Waals surface area contributed by atoms with Crippen LogP contribution in [0.5, 0.6) is 0 Å². The van der Waals surface area contributed by atoms with Crippen molar-refractivity contribution >= 4 is 11.9 Å². The maximum Gasteiger partial charge on any atom is 0.332 e. The molecular formula is C10H17NO5. The van der Waals surface area contributed by atoms with Crippen LogP contribution in [0.25, 0.3) is 0 Å². The van der Waals surface area contributed by atoms with Crippen LogP contribution in [0.1, 0.15) is 25.7 Å². The number of nitrogens with one attached hydrogen (secondary N) is 1. The van der Waals surface area contributed by atoms with E-state index in [9.17, 15) is 9.59 Å². The number of aliphatic hydroxyl groups excluding tert-OH is 1. The van der Waals surface area contributed by atoms with E-state index in [1.165, 1.54) is 0 Å². The summed E-state index contributed by atoms with van der Waals surface area (Å²) in [6, 6.07) is 0. The van der Waals surface area contributed by atoms with Crippen LogP contribution in [-0.2, 0) is 14.3 Å². The fraction of sp³-hybridized carbons (Fsp3) is 0.800. The van der Waals surface area contributed by atoms with E-state index >= 15 is 0 Å². The SMILES string of the molecule is O=C(NCC[C@H](O)C(=O)O)C1CCCCO1. The zero-order valence-corrected chi connectivity index (χ0v) is 9.02. The van der Waals surface area contributed by atoms with Gasteiger partial charge in [0.1, 0.15) is 6.10 Å². The van der Waals surface area contributed by atoms with Crippen molar-refractivity contribution in [3.8, 4) is 0 Å². The van der Waals surface area contributed by atoms with E-state index in [1.807, 2.05) is 0 Å². The summed E-state index contributed by atoms with van der Waals surface area (Å²) in [5, 5.41) is 19.9. The monoisotopic (exact) mass is 231 g/mol. The number of carboxylic acid groups (broad SMARTS) is 1. The van der Waals surface area contributed by atoms with Crippen molar-refractivity contribution in [3.63, 3.8) is 0 Å². The highest BCUT2D eigenvalue weighted by atomic mass is 16.5. The standard InChI is InChI=1S/C10H17NO5/c12-7(10(14)15)4-5-11-9(13)8-3-1-2-6-16-8/h7-8,12H,1-6H2,(H,11,13)(H,14,15)/t7-,8?/m0/s1. The summed E-state index contributed by atoms with van der Waals surface area (Å²) in [6.45, 7) is 0.738. The first kappa shape index (κ1) is 12.9. The van der Waals surface area contributed by atoms with E-state index in [1.54, 1.807) is 0 Å². The zero-order valence-electron chi connectivity index (χ0n) is 9.02. The lowest BCUT2D eigenvalue weighted by Crippen LogP contribution is -2.40. The second-order valence-electron chi connectivity index (χ2n) is 3.79. The number of rotatable bonds is 5. The van der Waals surface area contributed by atoms with Gasteiger partial charge in [0.2, 0.25) is 5.91 Å². The lowest BCUT2D eigenvalue weighted by molar-refractivity contribution is -0.147. The van der Waals surface area contributed by atoms with Crippen LogP contribution < -0.4 is 5.32 Å². The summed E-state index contributed by atoms with van der Waals surface area (Å²) >= 11 is 0. The van der Waals surface area contributed by atoms with Crippen molar-refractivity contribution in [2.45, 2.75) is 37.9 Å². The largest absolute Gasteiger partial charge is 0.479 e. The quantitative estimate of drug-likeness (QED) is 0.593. The zero-order chi connectivity index (χ0) is 12.0. The third kappa shape index (κ3) is 4.16. The van der Waals surface area contributed by atoms with Gasteiger partial charge in [-0.1, -0.05) is 0 Å². The average Bonchev–Trinajstić information content (AvgIpc) is 2.29. The van der Waals surface area contributed by atoms with E-state index < -0.39 is 18.2 Å². The molecule has 1 heterocycles. The van der Waals surface area contributed by atoms with Gasteiger partial charge in [0.05, 0.1) is 0 Å². The highest BCUT2D eigenvalue weighted by Gasteiger charge is 2.22. The molecule has 1 aliphatic heterocycles. The molecule has 2 atom stereocenters. The molecule has 16 heavy (non-hydrogen) atoms.